The molecule has 0 radical (unpaired) electrons. The number of carbonyl (C=O) groups excluding carboxylic acids is 1. The maximum atomic E-state index is 12.2. The number of ketones is 1. The van der Waals surface area contributed by atoms with Crippen molar-refractivity contribution in [3.8, 4) is 0 Å². The summed E-state index contributed by atoms with van der Waals surface area (Å²) in [4.78, 5) is 25.3. The number of rotatable bonds is 5. The van der Waals surface area contributed by atoms with Crippen molar-refractivity contribution in [1.82, 2.24) is 4.90 Å². The molecule has 0 atom stereocenters. The molecule has 3 rings (SSSR count). The van der Waals surface area contributed by atoms with Gasteiger partial charge in [-0.25, -0.2) is 0 Å². The monoisotopic (exact) mass is 301 g/mol. The van der Waals surface area contributed by atoms with E-state index in [1.165, 1.54) is 0 Å². The third-order valence-corrected chi connectivity index (χ3v) is 4.29. The lowest BCUT2D eigenvalue weighted by atomic mass is 9.97. The van der Waals surface area contributed by atoms with Crippen LogP contribution in [0.3, 0.4) is 0 Å². The third-order valence-electron chi connectivity index (χ3n) is 4.29. The van der Waals surface area contributed by atoms with Crippen molar-refractivity contribution in [3.05, 3.63) is 36.1 Å². The fourth-order valence-corrected chi connectivity index (χ4v) is 2.91. The predicted molar refractivity (Wildman–Crippen MR) is 82.0 cm³/mol. The van der Waals surface area contributed by atoms with Crippen molar-refractivity contribution in [2.75, 3.05) is 19.6 Å². The van der Waals surface area contributed by atoms with E-state index in [9.17, 15) is 9.59 Å². The quantitative estimate of drug-likeness (QED) is 0.860. The van der Waals surface area contributed by atoms with Crippen LogP contribution in [-0.2, 0) is 4.79 Å². The molecule has 1 aromatic carbocycles. The van der Waals surface area contributed by atoms with Crippen molar-refractivity contribution >= 4 is 22.7 Å². The molecule has 1 aromatic heterocycles. The minimum atomic E-state index is -0.710. The molecule has 0 aliphatic carbocycles. The number of carboxylic acid groups (broad SMARTS) is 1. The van der Waals surface area contributed by atoms with Gasteiger partial charge in [-0.3, -0.25) is 9.59 Å². The van der Waals surface area contributed by atoms with Gasteiger partial charge in [0, 0.05) is 18.4 Å². The topological polar surface area (TPSA) is 70.8 Å². The number of nitrogens with zero attached hydrogens (tertiary/aromatic N) is 1. The summed E-state index contributed by atoms with van der Waals surface area (Å²) in [6.07, 6.45) is 1.72. The molecule has 0 amide bonds. The molecule has 0 bridgehead atoms. The molecule has 22 heavy (non-hydrogen) atoms. The van der Waals surface area contributed by atoms with Crippen LogP contribution in [-0.4, -0.2) is 41.4 Å². The first kappa shape index (κ1) is 14.8. The van der Waals surface area contributed by atoms with E-state index < -0.39 is 5.97 Å². The van der Waals surface area contributed by atoms with Gasteiger partial charge in [-0.1, -0.05) is 18.2 Å². The fraction of sp³-hybridized carbons (Fsp3) is 0.412. The van der Waals surface area contributed by atoms with E-state index in [2.05, 4.69) is 4.90 Å². The predicted octanol–water partition coefficient (Wildman–Crippen LogP) is 2.80. The van der Waals surface area contributed by atoms with Crippen LogP contribution >= 0.6 is 0 Å². The lowest BCUT2D eigenvalue weighted by Gasteiger charge is -2.29. The van der Waals surface area contributed by atoms with Gasteiger partial charge in [0.1, 0.15) is 5.58 Å². The molecular weight excluding hydrogens is 282 g/mol. The van der Waals surface area contributed by atoms with Gasteiger partial charge in [0.2, 0.25) is 0 Å². The lowest BCUT2D eigenvalue weighted by Crippen LogP contribution is -2.37. The zero-order valence-corrected chi connectivity index (χ0v) is 12.3. The van der Waals surface area contributed by atoms with E-state index in [1.807, 2.05) is 24.3 Å². The summed E-state index contributed by atoms with van der Waals surface area (Å²) < 4.78 is 5.57. The van der Waals surface area contributed by atoms with Crippen LogP contribution in [0.15, 0.2) is 34.7 Å². The standard InChI is InChI=1S/C17H19NO4/c19-14(16-11-13-3-1-2-4-15(13)22-16)7-10-18-8-5-12(6-9-18)17(20)21/h1-4,11-12H,5-10H2,(H,20,21). The normalized spacial score (nSPS) is 16.9. The van der Waals surface area contributed by atoms with Gasteiger partial charge in [-0.2, -0.15) is 0 Å². The number of Topliss-reactive ketones (excluding diaryl/α,β-unsaturated/α-hetero) is 1. The molecule has 116 valence electrons. The second-order valence-electron chi connectivity index (χ2n) is 5.78. The Bertz CT molecular complexity index is 650. The largest absolute Gasteiger partial charge is 0.481 e. The molecule has 1 aliphatic heterocycles. The second kappa shape index (κ2) is 6.32. The Morgan fingerprint density at radius 1 is 1.23 bits per heavy atom. The highest BCUT2D eigenvalue weighted by Gasteiger charge is 2.24. The summed E-state index contributed by atoms with van der Waals surface area (Å²) in [6.45, 7) is 2.14. The maximum Gasteiger partial charge on any atom is 0.306 e. The van der Waals surface area contributed by atoms with Crippen LogP contribution in [0, 0.1) is 5.92 Å². The van der Waals surface area contributed by atoms with Gasteiger partial charge < -0.3 is 14.4 Å². The molecule has 5 nitrogen and oxygen atoms in total. The van der Waals surface area contributed by atoms with Crippen molar-refractivity contribution in [1.29, 1.82) is 0 Å². The molecular formula is C17H19NO4. The van der Waals surface area contributed by atoms with Crippen molar-refractivity contribution in [2.45, 2.75) is 19.3 Å². The number of hydrogen-bond donors (Lipinski definition) is 1. The summed E-state index contributed by atoms with van der Waals surface area (Å²) in [6, 6.07) is 9.36. The van der Waals surface area contributed by atoms with Crippen LogP contribution < -0.4 is 0 Å². The average molecular weight is 301 g/mol. The number of hydrogen-bond acceptors (Lipinski definition) is 4. The van der Waals surface area contributed by atoms with Crippen molar-refractivity contribution in [2.24, 2.45) is 5.92 Å². The smallest absolute Gasteiger partial charge is 0.306 e. The van der Waals surface area contributed by atoms with Gasteiger partial charge in [0.05, 0.1) is 5.92 Å². The van der Waals surface area contributed by atoms with Crippen LogP contribution in [0.1, 0.15) is 29.8 Å². The van der Waals surface area contributed by atoms with E-state index >= 15 is 0 Å². The maximum absolute atomic E-state index is 12.2. The molecule has 0 unspecified atom stereocenters. The van der Waals surface area contributed by atoms with Gasteiger partial charge in [-0.05, 0) is 38.1 Å². The zero-order valence-electron chi connectivity index (χ0n) is 12.3. The van der Waals surface area contributed by atoms with Crippen molar-refractivity contribution in [3.63, 3.8) is 0 Å². The third kappa shape index (κ3) is 3.20. The van der Waals surface area contributed by atoms with Gasteiger partial charge in [0.15, 0.2) is 11.5 Å². The Kier molecular flexibility index (Phi) is 4.24. The molecule has 2 aromatic rings. The molecule has 1 saturated heterocycles. The van der Waals surface area contributed by atoms with Gasteiger partial charge in [-0.15, -0.1) is 0 Å². The van der Waals surface area contributed by atoms with Crippen molar-refractivity contribution < 1.29 is 19.1 Å². The number of piperidine rings is 1. The van der Waals surface area contributed by atoms with Crippen LogP contribution in [0.4, 0.5) is 0 Å². The summed E-state index contributed by atoms with van der Waals surface area (Å²) in [5.74, 6) is -0.543. The Hall–Kier alpha value is -2.14. The SMILES string of the molecule is O=C(CCN1CCC(C(=O)O)CC1)c1cc2ccccc2o1. The molecule has 1 aliphatic rings. The average Bonchev–Trinajstić information content (AvgIpc) is 2.97. The number of aliphatic carboxylic acids is 1. The minimum absolute atomic E-state index is 0.00319. The Labute approximate surface area is 128 Å². The second-order valence-corrected chi connectivity index (χ2v) is 5.78. The molecule has 1 fully saturated rings. The summed E-state index contributed by atoms with van der Waals surface area (Å²) in [7, 11) is 0. The fourth-order valence-electron chi connectivity index (χ4n) is 2.91. The molecule has 5 heteroatoms. The first-order chi connectivity index (χ1) is 10.6. The molecule has 1 N–H and O–H groups in total. The summed E-state index contributed by atoms with van der Waals surface area (Å²) in [5.41, 5.74) is 0.730. The highest BCUT2D eigenvalue weighted by Crippen LogP contribution is 2.21. The Morgan fingerprint density at radius 3 is 2.64 bits per heavy atom. The number of carboxylic acids is 1. The number of para-hydroxylation sites is 1. The molecule has 0 spiro atoms. The number of carbonyl (C=O) groups is 2. The number of benzene rings is 1. The van der Waals surface area contributed by atoms with E-state index in [4.69, 9.17) is 9.52 Å². The summed E-state index contributed by atoms with van der Waals surface area (Å²) in [5, 5.41) is 9.91. The van der Waals surface area contributed by atoms with Crippen LogP contribution in [0.2, 0.25) is 0 Å². The molecule has 0 saturated carbocycles. The van der Waals surface area contributed by atoms with E-state index in [1.54, 1.807) is 6.07 Å². The highest BCUT2D eigenvalue weighted by molar-refractivity contribution is 5.97. The first-order valence-electron chi connectivity index (χ1n) is 7.60. The van der Waals surface area contributed by atoms with E-state index in [0.717, 1.165) is 24.1 Å². The number of fused-ring (bicyclic) bond motifs is 1. The molecule has 2 heterocycles. The zero-order chi connectivity index (χ0) is 15.5. The Morgan fingerprint density at radius 2 is 1.95 bits per heavy atom. The number of furan rings is 1. The van der Waals surface area contributed by atoms with Crippen LogP contribution in [0.25, 0.3) is 11.0 Å². The highest BCUT2D eigenvalue weighted by atomic mass is 16.4. The van der Waals surface area contributed by atoms with Gasteiger partial charge >= 0.3 is 5.97 Å². The van der Waals surface area contributed by atoms with E-state index in [-0.39, 0.29) is 11.7 Å². The van der Waals surface area contributed by atoms with Crippen LogP contribution in [0.5, 0.6) is 0 Å². The minimum Gasteiger partial charge on any atom is -0.481 e. The van der Waals surface area contributed by atoms with E-state index in [0.29, 0.717) is 31.6 Å². The Balaban J connectivity index is 1.53. The first-order valence-corrected chi connectivity index (χ1v) is 7.60. The number of likely N-dealkylation sites (tertiary alicyclic amines) is 1. The lowest BCUT2D eigenvalue weighted by molar-refractivity contribution is -0.143. The summed E-state index contributed by atoms with van der Waals surface area (Å²) >= 11 is 0. The van der Waals surface area contributed by atoms with Gasteiger partial charge in [0.25, 0.3) is 0 Å².